The Morgan fingerprint density at radius 3 is 1.72 bits per heavy atom. The Kier molecular flexibility index (Phi) is 19.0. The molecule has 1 aliphatic heterocycles. The van der Waals surface area contributed by atoms with Gasteiger partial charge in [-0.25, -0.2) is 0 Å². The smallest absolute Gasteiger partial charge is 0.246 e. The van der Waals surface area contributed by atoms with E-state index in [0.717, 1.165) is 6.92 Å². The molecular weight excluding hydrogens is 762 g/mol. The summed E-state index contributed by atoms with van der Waals surface area (Å²) in [6.07, 6.45) is -0.362. The lowest BCUT2D eigenvalue weighted by atomic mass is 9.99. The molecule has 2 rings (SSSR count). The summed E-state index contributed by atoms with van der Waals surface area (Å²) in [4.78, 5) is 117. The van der Waals surface area contributed by atoms with Crippen molar-refractivity contribution in [2.45, 2.75) is 109 Å². The fraction of sp³-hybridized carbons (Fsp3) is 0.595. The number of rotatable bonds is 22. The number of aliphatic hydroxyl groups is 2. The van der Waals surface area contributed by atoms with E-state index < -0.39 is 121 Å². The molecule has 1 saturated heterocycles. The number of aromatic hydroxyl groups is 1. The Bertz CT molecular complexity index is 1660. The number of nitrogens with zero attached hydrogens (tertiary/aromatic N) is 1. The third-order valence-corrected chi connectivity index (χ3v) is 9.35. The number of benzene rings is 1. The second-order valence-corrected chi connectivity index (χ2v) is 14.7. The topological polar surface area (TPSA) is 342 Å². The van der Waals surface area contributed by atoms with Gasteiger partial charge in [0, 0.05) is 26.3 Å². The summed E-state index contributed by atoms with van der Waals surface area (Å²) >= 11 is 0. The minimum atomic E-state index is -1.72. The summed E-state index contributed by atoms with van der Waals surface area (Å²) in [7, 11) is 0. The van der Waals surface area contributed by atoms with Crippen LogP contribution in [0.4, 0.5) is 0 Å². The van der Waals surface area contributed by atoms with E-state index in [0.29, 0.717) is 12.0 Å². The predicted molar refractivity (Wildman–Crippen MR) is 205 cm³/mol. The molecule has 0 unspecified atom stereocenters. The van der Waals surface area contributed by atoms with Gasteiger partial charge in [0.05, 0.1) is 13.2 Å². The average molecular weight is 820 g/mol. The monoisotopic (exact) mass is 819 g/mol. The van der Waals surface area contributed by atoms with Gasteiger partial charge < -0.3 is 63.6 Å². The molecule has 21 nitrogen and oxygen atoms in total. The first-order valence-corrected chi connectivity index (χ1v) is 18.9. The number of phenolic OH excluding ortho intramolecular Hbond substituents is 1. The molecule has 0 bridgehead atoms. The second kappa shape index (κ2) is 22.8. The minimum Gasteiger partial charge on any atom is -0.508 e. The van der Waals surface area contributed by atoms with Gasteiger partial charge in [-0.3, -0.25) is 43.2 Å². The lowest BCUT2D eigenvalue weighted by molar-refractivity contribution is -0.143. The van der Waals surface area contributed by atoms with Crippen LogP contribution in [0.3, 0.4) is 0 Å². The maximum atomic E-state index is 14.3. The molecule has 322 valence electrons. The number of carbonyl (C=O) groups is 9. The van der Waals surface area contributed by atoms with Crippen LogP contribution in [-0.2, 0) is 49.6 Å². The Morgan fingerprint density at radius 2 is 1.22 bits per heavy atom. The van der Waals surface area contributed by atoms with Crippen molar-refractivity contribution in [2.24, 2.45) is 23.3 Å². The van der Waals surface area contributed by atoms with Gasteiger partial charge in [-0.05, 0) is 48.8 Å². The number of aliphatic hydroxyl groups excluding tert-OH is 2. The number of hydrogen-bond acceptors (Lipinski definition) is 12. The highest BCUT2D eigenvalue weighted by Crippen LogP contribution is 2.21. The first-order valence-electron chi connectivity index (χ1n) is 18.9. The third-order valence-electron chi connectivity index (χ3n) is 9.35. The van der Waals surface area contributed by atoms with Crippen LogP contribution < -0.4 is 43.4 Å². The highest BCUT2D eigenvalue weighted by atomic mass is 16.3. The van der Waals surface area contributed by atoms with Crippen LogP contribution in [0.1, 0.15) is 65.9 Å². The van der Waals surface area contributed by atoms with Gasteiger partial charge in [0.2, 0.25) is 53.2 Å². The molecule has 21 heteroatoms. The molecule has 1 aliphatic rings. The van der Waals surface area contributed by atoms with Crippen LogP contribution in [0.2, 0.25) is 0 Å². The number of likely N-dealkylation sites (tertiary alicyclic amines) is 1. The highest BCUT2D eigenvalue weighted by Gasteiger charge is 2.40. The Morgan fingerprint density at radius 1 is 0.707 bits per heavy atom. The van der Waals surface area contributed by atoms with Crippen molar-refractivity contribution >= 4 is 53.2 Å². The van der Waals surface area contributed by atoms with E-state index in [1.54, 1.807) is 27.7 Å². The van der Waals surface area contributed by atoms with Gasteiger partial charge >= 0.3 is 0 Å². The summed E-state index contributed by atoms with van der Waals surface area (Å²) in [6, 6.07) is -3.62. The molecule has 0 saturated carbocycles. The Labute approximate surface area is 335 Å². The highest BCUT2D eigenvalue weighted by molar-refractivity contribution is 5.98. The fourth-order valence-corrected chi connectivity index (χ4v) is 6.17. The molecule has 13 N–H and O–H groups in total. The molecule has 58 heavy (non-hydrogen) atoms. The number of carbonyl (C=O) groups excluding carboxylic acids is 9. The van der Waals surface area contributed by atoms with Crippen LogP contribution in [0.5, 0.6) is 5.75 Å². The van der Waals surface area contributed by atoms with Crippen molar-refractivity contribution in [2.75, 3.05) is 19.8 Å². The number of phenols is 1. The lowest BCUT2D eigenvalue weighted by Crippen LogP contribution is -2.61. The first-order chi connectivity index (χ1) is 27.2. The molecule has 7 atom stereocenters. The molecule has 1 aromatic carbocycles. The lowest BCUT2D eigenvalue weighted by Gasteiger charge is -2.31. The van der Waals surface area contributed by atoms with Crippen LogP contribution in [0, 0.1) is 11.8 Å². The summed E-state index contributed by atoms with van der Waals surface area (Å²) in [5.41, 5.74) is 11.2. The summed E-state index contributed by atoms with van der Waals surface area (Å²) in [5, 5.41) is 44.1. The van der Waals surface area contributed by atoms with Gasteiger partial charge in [0.1, 0.15) is 48.0 Å². The van der Waals surface area contributed by atoms with Crippen molar-refractivity contribution in [1.82, 2.24) is 36.8 Å². The zero-order valence-corrected chi connectivity index (χ0v) is 33.3. The first kappa shape index (κ1) is 48.3. The zero-order valence-electron chi connectivity index (χ0n) is 33.3. The van der Waals surface area contributed by atoms with Crippen molar-refractivity contribution in [1.29, 1.82) is 0 Å². The van der Waals surface area contributed by atoms with Gasteiger partial charge in [0.15, 0.2) is 0 Å². The molecular formula is C37H57N9O12. The number of amides is 9. The molecule has 1 heterocycles. The zero-order chi connectivity index (χ0) is 43.9. The Hall–Kier alpha value is -5.83. The van der Waals surface area contributed by atoms with Gasteiger partial charge in [-0.2, -0.15) is 0 Å². The fourth-order valence-electron chi connectivity index (χ4n) is 6.17. The van der Waals surface area contributed by atoms with Crippen molar-refractivity contribution in [3.05, 3.63) is 29.8 Å². The summed E-state index contributed by atoms with van der Waals surface area (Å²) < 4.78 is 0. The van der Waals surface area contributed by atoms with Gasteiger partial charge in [0.25, 0.3) is 0 Å². The normalized spacial score (nSPS) is 16.8. The van der Waals surface area contributed by atoms with Gasteiger partial charge in [-0.1, -0.05) is 39.8 Å². The maximum Gasteiger partial charge on any atom is 0.246 e. The summed E-state index contributed by atoms with van der Waals surface area (Å²) in [6.45, 7) is 6.10. The molecule has 0 radical (unpaired) electrons. The van der Waals surface area contributed by atoms with Crippen LogP contribution in [0.15, 0.2) is 24.3 Å². The number of nitrogens with one attached hydrogen (secondary N) is 6. The van der Waals surface area contributed by atoms with Gasteiger partial charge in [-0.15, -0.1) is 0 Å². The SMILES string of the molecule is CC(=O)N[C@@H](CO)C(=O)N[C@@H](CCC(N)=O)C(=O)N[C@@H](CO)C(=O)N[C@@H](Cc1ccc(O)cc1)C(=O)N1CCC[C@H]1C(=O)N[C@H](C(=O)N[C@H](C(N)=O)C(C)C)C(C)C. The average Bonchev–Trinajstić information content (AvgIpc) is 3.65. The molecule has 1 aromatic rings. The van der Waals surface area contributed by atoms with Crippen molar-refractivity contribution in [3.8, 4) is 5.75 Å². The van der Waals surface area contributed by atoms with Crippen LogP contribution in [0.25, 0.3) is 0 Å². The van der Waals surface area contributed by atoms with Crippen LogP contribution in [-0.4, -0.2) is 135 Å². The minimum absolute atomic E-state index is 0.0744. The van der Waals surface area contributed by atoms with E-state index in [4.69, 9.17) is 11.5 Å². The van der Waals surface area contributed by atoms with E-state index in [1.807, 2.05) is 0 Å². The van der Waals surface area contributed by atoms with E-state index in [-0.39, 0.29) is 37.5 Å². The number of primary amides is 2. The van der Waals surface area contributed by atoms with Crippen LogP contribution >= 0.6 is 0 Å². The third kappa shape index (κ3) is 14.6. The molecule has 9 amide bonds. The van der Waals surface area contributed by atoms with Crippen molar-refractivity contribution in [3.63, 3.8) is 0 Å². The standard InChI is InChI=1S/C37H57N9O12/c1-18(2)29(31(39)52)44-36(57)30(19(3)4)45-35(56)27-7-6-14-46(27)37(58)24(15-21-8-10-22(50)11-9-21)42-34(55)26(17-48)43-32(53)23(12-13-28(38)51)41-33(54)25(16-47)40-20(5)49/h8-11,18-19,23-27,29-30,47-48,50H,6-7,12-17H2,1-5H3,(H2,38,51)(H2,39,52)(H,40,49)(H,41,54)(H,42,55)(H,43,53)(H,44,57)(H,45,56)/t23-,24-,25-,26-,27-,29-,30-/m0/s1. The van der Waals surface area contributed by atoms with E-state index in [1.165, 1.54) is 29.2 Å². The van der Waals surface area contributed by atoms with Crippen molar-refractivity contribution < 1.29 is 58.5 Å². The quantitative estimate of drug-likeness (QED) is 0.0532. The molecule has 0 aliphatic carbocycles. The van der Waals surface area contributed by atoms with E-state index in [9.17, 15) is 58.5 Å². The Balaban J connectivity index is 2.35. The second-order valence-electron chi connectivity index (χ2n) is 14.7. The summed E-state index contributed by atoms with van der Waals surface area (Å²) in [5.74, 6) is -8.24. The molecule has 1 fully saturated rings. The largest absolute Gasteiger partial charge is 0.508 e. The number of hydrogen-bond donors (Lipinski definition) is 11. The molecule has 0 spiro atoms. The van der Waals surface area contributed by atoms with E-state index in [2.05, 4.69) is 31.9 Å². The maximum absolute atomic E-state index is 14.3. The molecule has 0 aromatic heterocycles. The predicted octanol–water partition coefficient (Wildman–Crippen LogP) is -4.10. The van der Waals surface area contributed by atoms with E-state index >= 15 is 0 Å². The number of nitrogens with two attached hydrogens (primary N) is 2.